The largest absolute Gasteiger partial charge is 0.381 e. The van der Waals surface area contributed by atoms with Crippen molar-refractivity contribution in [2.45, 2.75) is 32.6 Å². The summed E-state index contributed by atoms with van der Waals surface area (Å²) < 4.78 is 5.38. The highest BCUT2D eigenvalue weighted by Gasteiger charge is 2.24. The lowest BCUT2D eigenvalue weighted by Crippen LogP contribution is -2.44. The molecular weight excluding hydrogens is 308 g/mol. The number of nitrogens with zero attached hydrogens (tertiary/aromatic N) is 2. The Kier molecular flexibility index (Phi) is 7.78. The number of rotatable bonds is 8. The van der Waals surface area contributed by atoms with E-state index in [0.717, 1.165) is 71.6 Å². The van der Waals surface area contributed by atoms with Crippen LogP contribution in [0.3, 0.4) is 0 Å². The number of hydrogen-bond acceptors (Lipinski definition) is 4. The number of likely N-dealkylation sites (tertiary alicyclic amines) is 1. The molecule has 0 bridgehead atoms. The summed E-state index contributed by atoms with van der Waals surface area (Å²) in [6.45, 7) is 8.40. The Morgan fingerprint density at radius 3 is 2.88 bits per heavy atom. The van der Waals surface area contributed by atoms with Crippen LogP contribution in [0.1, 0.15) is 32.6 Å². The molecule has 0 aliphatic carbocycles. The summed E-state index contributed by atoms with van der Waals surface area (Å²) in [4.78, 5) is 27.7. The molecule has 2 aliphatic heterocycles. The SMILES string of the molecule is CCN(CC1CCOC1)C(=O)NCCCN1CCCC(C(N)=O)C1. The molecule has 0 saturated carbocycles. The number of urea groups is 1. The van der Waals surface area contributed by atoms with Gasteiger partial charge in [0, 0.05) is 38.7 Å². The standard InChI is InChI=1S/C17H32N4O3/c1-2-21(11-14-6-10-24-13-14)17(23)19-7-4-9-20-8-3-5-15(12-20)16(18)22/h14-15H,2-13H2,1H3,(H2,18,22)(H,19,23). The van der Waals surface area contributed by atoms with Crippen molar-refractivity contribution in [2.24, 2.45) is 17.6 Å². The fourth-order valence-corrected chi connectivity index (χ4v) is 3.50. The van der Waals surface area contributed by atoms with Gasteiger partial charge in [-0.25, -0.2) is 4.79 Å². The summed E-state index contributed by atoms with van der Waals surface area (Å²) >= 11 is 0. The van der Waals surface area contributed by atoms with Crippen LogP contribution in [0.4, 0.5) is 4.79 Å². The molecule has 3 amide bonds. The lowest BCUT2D eigenvalue weighted by molar-refractivity contribution is -0.123. The second-order valence-electron chi connectivity index (χ2n) is 6.90. The molecule has 2 fully saturated rings. The topological polar surface area (TPSA) is 87.9 Å². The molecule has 0 aromatic rings. The Hall–Kier alpha value is -1.34. The van der Waals surface area contributed by atoms with Crippen LogP contribution >= 0.6 is 0 Å². The fraction of sp³-hybridized carbons (Fsp3) is 0.882. The second kappa shape index (κ2) is 9.84. The summed E-state index contributed by atoms with van der Waals surface area (Å²) in [5, 5.41) is 3.01. The lowest BCUT2D eigenvalue weighted by atomic mass is 9.97. The average Bonchev–Trinajstić information content (AvgIpc) is 3.09. The smallest absolute Gasteiger partial charge is 0.317 e. The van der Waals surface area contributed by atoms with Gasteiger partial charge in [0.25, 0.3) is 0 Å². The van der Waals surface area contributed by atoms with Crippen LogP contribution in [-0.4, -0.2) is 74.2 Å². The maximum absolute atomic E-state index is 12.3. The van der Waals surface area contributed by atoms with Gasteiger partial charge in [0.2, 0.25) is 5.91 Å². The van der Waals surface area contributed by atoms with Crippen molar-refractivity contribution in [3.63, 3.8) is 0 Å². The van der Waals surface area contributed by atoms with Crippen molar-refractivity contribution >= 4 is 11.9 Å². The Balaban J connectivity index is 1.61. The molecule has 2 saturated heterocycles. The second-order valence-corrected chi connectivity index (χ2v) is 6.90. The first kappa shape index (κ1) is 19.0. The number of piperidine rings is 1. The molecular formula is C17H32N4O3. The van der Waals surface area contributed by atoms with E-state index in [2.05, 4.69) is 10.2 Å². The Labute approximate surface area is 144 Å². The summed E-state index contributed by atoms with van der Waals surface area (Å²) in [5.41, 5.74) is 5.40. The van der Waals surface area contributed by atoms with Crippen LogP contribution in [0, 0.1) is 11.8 Å². The maximum Gasteiger partial charge on any atom is 0.317 e. The third-order valence-electron chi connectivity index (χ3n) is 5.01. The summed E-state index contributed by atoms with van der Waals surface area (Å²) in [5.74, 6) is 0.259. The molecule has 7 heteroatoms. The van der Waals surface area contributed by atoms with Crippen molar-refractivity contribution in [3.8, 4) is 0 Å². The highest BCUT2D eigenvalue weighted by Crippen LogP contribution is 2.16. The van der Waals surface area contributed by atoms with Gasteiger partial charge in [0.1, 0.15) is 0 Å². The van der Waals surface area contributed by atoms with Crippen LogP contribution in [0.2, 0.25) is 0 Å². The molecule has 7 nitrogen and oxygen atoms in total. The van der Waals surface area contributed by atoms with E-state index in [-0.39, 0.29) is 17.9 Å². The fourth-order valence-electron chi connectivity index (χ4n) is 3.50. The Morgan fingerprint density at radius 1 is 1.38 bits per heavy atom. The first-order valence-corrected chi connectivity index (χ1v) is 9.22. The predicted octanol–water partition coefficient (Wildman–Crippen LogP) is 0.642. The first-order valence-electron chi connectivity index (χ1n) is 9.22. The molecule has 0 spiro atoms. The molecule has 2 aliphatic rings. The van der Waals surface area contributed by atoms with Crippen LogP contribution in [-0.2, 0) is 9.53 Å². The Morgan fingerprint density at radius 2 is 2.21 bits per heavy atom. The van der Waals surface area contributed by atoms with Crippen molar-refractivity contribution in [3.05, 3.63) is 0 Å². The normalized spacial score (nSPS) is 24.7. The summed E-state index contributed by atoms with van der Waals surface area (Å²) in [7, 11) is 0. The molecule has 0 aromatic heterocycles. The van der Waals surface area contributed by atoms with Crippen molar-refractivity contribution in [1.29, 1.82) is 0 Å². The summed E-state index contributed by atoms with van der Waals surface area (Å²) in [6.07, 6.45) is 3.85. The highest BCUT2D eigenvalue weighted by atomic mass is 16.5. The lowest BCUT2D eigenvalue weighted by Gasteiger charge is -2.31. The van der Waals surface area contributed by atoms with Crippen LogP contribution in [0.15, 0.2) is 0 Å². The highest BCUT2D eigenvalue weighted by molar-refractivity contribution is 5.77. The van der Waals surface area contributed by atoms with E-state index in [1.54, 1.807) is 0 Å². The van der Waals surface area contributed by atoms with Gasteiger partial charge in [-0.3, -0.25) is 4.79 Å². The number of nitrogens with two attached hydrogens (primary N) is 1. The number of amides is 3. The zero-order valence-electron chi connectivity index (χ0n) is 14.8. The minimum absolute atomic E-state index is 0.0121. The molecule has 24 heavy (non-hydrogen) atoms. The average molecular weight is 340 g/mol. The minimum atomic E-state index is -0.192. The van der Waals surface area contributed by atoms with E-state index in [1.165, 1.54) is 0 Å². The minimum Gasteiger partial charge on any atom is -0.381 e. The van der Waals surface area contributed by atoms with Gasteiger partial charge in [-0.1, -0.05) is 0 Å². The molecule has 3 N–H and O–H groups in total. The third kappa shape index (κ3) is 5.94. The molecule has 138 valence electrons. The number of carbonyl (C=O) groups is 2. The molecule has 2 atom stereocenters. The maximum atomic E-state index is 12.3. The molecule has 2 unspecified atom stereocenters. The third-order valence-corrected chi connectivity index (χ3v) is 5.01. The number of primary amides is 1. The Bertz CT molecular complexity index is 413. The number of hydrogen-bond donors (Lipinski definition) is 2. The molecule has 0 radical (unpaired) electrons. The number of ether oxygens (including phenoxy) is 1. The van der Waals surface area contributed by atoms with E-state index >= 15 is 0 Å². The zero-order chi connectivity index (χ0) is 17.4. The molecule has 2 heterocycles. The number of carbonyl (C=O) groups excluding carboxylic acids is 2. The van der Waals surface area contributed by atoms with E-state index in [0.29, 0.717) is 12.5 Å². The monoisotopic (exact) mass is 340 g/mol. The quantitative estimate of drug-likeness (QED) is 0.635. The molecule has 0 aromatic carbocycles. The van der Waals surface area contributed by atoms with E-state index in [1.807, 2.05) is 11.8 Å². The summed E-state index contributed by atoms with van der Waals surface area (Å²) in [6, 6.07) is 0.0121. The van der Waals surface area contributed by atoms with Gasteiger partial charge < -0.3 is 25.6 Å². The van der Waals surface area contributed by atoms with Crippen molar-refractivity contribution < 1.29 is 14.3 Å². The van der Waals surface area contributed by atoms with E-state index in [9.17, 15) is 9.59 Å². The van der Waals surface area contributed by atoms with Crippen LogP contribution < -0.4 is 11.1 Å². The van der Waals surface area contributed by atoms with E-state index in [4.69, 9.17) is 10.5 Å². The van der Waals surface area contributed by atoms with Crippen molar-refractivity contribution in [2.75, 3.05) is 52.5 Å². The van der Waals surface area contributed by atoms with Gasteiger partial charge >= 0.3 is 6.03 Å². The molecule has 2 rings (SSSR count). The van der Waals surface area contributed by atoms with Gasteiger partial charge in [0.05, 0.1) is 12.5 Å². The van der Waals surface area contributed by atoms with Crippen LogP contribution in [0.5, 0.6) is 0 Å². The van der Waals surface area contributed by atoms with Gasteiger partial charge in [0.15, 0.2) is 0 Å². The van der Waals surface area contributed by atoms with Crippen molar-refractivity contribution in [1.82, 2.24) is 15.1 Å². The first-order chi connectivity index (χ1) is 11.6. The zero-order valence-corrected chi connectivity index (χ0v) is 14.8. The van der Waals surface area contributed by atoms with Gasteiger partial charge in [-0.05, 0) is 45.7 Å². The van der Waals surface area contributed by atoms with E-state index < -0.39 is 0 Å². The van der Waals surface area contributed by atoms with Gasteiger partial charge in [-0.15, -0.1) is 0 Å². The van der Waals surface area contributed by atoms with Crippen LogP contribution in [0.25, 0.3) is 0 Å². The number of nitrogens with one attached hydrogen (secondary N) is 1. The predicted molar refractivity (Wildman–Crippen MR) is 92.5 cm³/mol. The van der Waals surface area contributed by atoms with Gasteiger partial charge in [-0.2, -0.15) is 0 Å².